The van der Waals surface area contributed by atoms with Crippen LogP contribution in [0.5, 0.6) is 5.75 Å². The summed E-state index contributed by atoms with van der Waals surface area (Å²) in [7, 11) is -2.83. The Morgan fingerprint density at radius 2 is 2.14 bits per heavy atom. The summed E-state index contributed by atoms with van der Waals surface area (Å²) in [6, 6.07) is 2.65. The van der Waals surface area contributed by atoms with Crippen LogP contribution in [0.15, 0.2) is 23.1 Å². The van der Waals surface area contributed by atoms with Gasteiger partial charge in [-0.25, -0.2) is 8.42 Å². The summed E-state index contributed by atoms with van der Waals surface area (Å²) in [4.78, 5) is 11.0. The summed E-state index contributed by atoms with van der Waals surface area (Å²) in [5.41, 5.74) is 0. The molecule has 0 aromatic heterocycles. The number of aliphatic hydroxyl groups is 1. The van der Waals surface area contributed by atoms with Crippen molar-refractivity contribution >= 4 is 27.6 Å². The normalized spacial score (nSPS) is 23.2. The lowest BCUT2D eigenvalue weighted by atomic mass is 10.2. The molecule has 9 heteroatoms. The Bertz CT molecular complexity index is 662. The minimum Gasteiger partial charge on any atom is -0.495 e. The van der Waals surface area contributed by atoms with Gasteiger partial charge in [-0.05, 0) is 12.1 Å². The molecule has 1 heterocycles. The Hall–Kier alpha value is -1.35. The minimum atomic E-state index is -4.12. The Kier molecular flexibility index (Phi) is 4.43. The number of aliphatic carboxylic acids is 1. The van der Waals surface area contributed by atoms with Crippen molar-refractivity contribution in [1.29, 1.82) is 0 Å². The van der Waals surface area contributed by atoms with Crippen LogP contribution < -0.4 is 4.74 Å². The highest BCUT2D eigenvalue weighted by atomic mass is 35.5. The van der Waals surface area contributed by atoms with Crippen LogP contribution in [0.3, 0.4) is 0 Å². The first-order valence-electron chi connectivity index (χ1n) is 6.03. The molecule has 1 aliphatic rings. The van der Waals surface area contributed by atoms with E-state index in [1.54, 1.807) is 0 Å². The van der Waals surface area contributed by atoms with Crippen LogP contribution in [0.2, 0.25) is 5.02 Å². The molecule has 7 nitrogen and oxygen atoms in total. The van der Waals surface area contributed by atoms with Gasteiger partial charge in [-0.2, -0.15) is 4.31 Å². The molecule has 2 rings (SSSR count). The SMILES string of the molecule is COc1cc(Cl)ccc1S(=O)(=O)N1CC(O)C[C@H]1C(=O)O. The van der Waals surface area contributed by atoms with E-state index in [0.29, 0.717) is 5.02 Å². The van der Waals surface area contributed by atoms with Gasteiger partial charge in [-0.15, -0.1) is 0 Å². The van der Waals surface area contributed by atoms with E-state index in [4.69, 9.17) is 21.4 Å². The quantitative estimate of drug-likeness (QED) is 0.833. The molecule has 0 aliphatic carbocycles. The minimum absolute atomic E-state index is 0.0213. The monoisotopic (exact) mass is 335 g/mol. The molecule has 0 bridgehead atoms. The van der Waals surface area contributed by atoms with Gasteiger partial charge in [0.1, 0.15) is 16.7 Å². The first kappa shape index (κ1) is 16.0. The fourth-order valence-electron chi connectivity index (χ4n) is 2.26. The molecule has 1 aromatic carbocycles. The van der Waals surface area contributed by atoms with E-state index < -0.39 is 28.1 Å². The fraction of sp³-hybridized carbons (Fsp3) is 0.417. The number of carboxylic acid groups (broad SMARTS) is 1. The molecule has 0 saturated carbocycles. The van der Waals surface area contributed by atoms with Gasteiger partial charge in [0.15, 0.2) is 0 Å². The second-order valence-corrected chi connectivity index (χ2v) is 6.91. The number of halogens is 1. The molecule has 1 aliphatic heterocycles. The molecule has 2 atom stereocenters. The number of ether oxygens (including phenoxy) is 1. The van der Waals surface area contributed by atoms with Gasteiger partial charge in [-0.1, -0.05) is 11.6 Å². The second-order valence-electron chi connectivity index (χ2n) is 4.61. The highest BCUT2D eigenvalue weighted by molar-refractivity contribution is 7.89. The van der Waals surface area contributed by atoms with Crippen LogP contribution >= 0.6 is 11.6 Å². The van der Waals surface area contributed by atoms with E-state index in [1.807, 2.05) is 0 Å². The standard InChI is InChI=1S/C12H14ClNO6S/c1-20-10-4-7(13)2-3-11(10)21(18,19)14-6-8(15)5-9(14)12(16)17/h2-4,8-9,15H,5-6H2,1H3,(H,16,17)/t8?,9-/m0/s1. The van der Waals surface area contributed by atoms with Crippen molar-refractivity contribution in [3.8, 4) is 5.75 Å². The average molecular weight is 336 g/mol. The Labute approximate surface area is 126 Å². The van der Waals surface area contributed by atoms with Crippen molar-refractivity contribution in [3.05, 3.63) is 23.2 Å². The number of nitrogens with zero attached hydrogens (tertiary/aromatic N) is 1. The first-order chi connectivity index (χ1) is 9.77. The summed E-state index contributed by atoms with van der Waals surface area (Å²) < 4.78 is 31.0. The molecule has 116 valence electrons. The lowest BCUT2D eigenvalue weighted by molar-refractivity contribution is -0.140. The lowest BCUT2D eigenvalue weighted by Crippen LogP contribution is -2.40. The third-order valence-electron chi connectivity index (χ3n) is 3.23. The summed E-state index contributed by atoms with van der Waals surface area (Å²) >= 11 is 5.79. The van der Waals surface area contributed by atoms with Crippen LogP contribution in [0.25, 0.3) is 0 Å². The maximum atomic E-state index is 12.6. The van der Waals surface area contributed by atoms with Crippen molar-refractivity contribution in [2.45, 2.75) is 23.5 Å². The molecule has 1 aromatic rings. The number of benzene rings is 1. The number of hydrogen-bond acceptors (Lipinski definition) is 5. The Morgan fingerprint density at radius 1 is 1.48 bits per heavy atom. The number of methoxy groups -OCH3 is 1. The molecule has 21 heavy (non-hydrogen) atoms. The number of carbonyl (C=O) groups is 1. The lowest BCUT2D eigenvalue weighted by Gasteiger charge is -2.21. The largest absolute Gasteiger partial charge is 0.495 e. The molecule has 0 radical (unpaired) electrons. The Balaban J connectivity index is 2.49. The van der Waals surface area contributed by atoms with Crippen LogP contribution in [0.4, 0.5) is 0 Å². The molecule has 1 unspecified atom stereocenters. The number of aliphatic hydroxyl groups excluding tert-OH is 1. The van der Waals surface area contributed by atoms with Gasteiger partial charge in [0.25, 0.3) is 0 Å². The third kappa shape index (κ3) is 2.98. The zero-order valence-corrected chi connectivity index (χ0v) is 12.6. The zero-order valence-electron chi connectivity index (χ0n) is 11.1. The van der Waals surface area contributed by atoms with Gasteiger partial charge >= 0.3 is 5.97 Å². The van der Waals surface area contributed by atoms with E-state index in [-0.39, 0.29) is 23.6 Å². The molecule has 0 amide bonds. The van der Waals surface area contributed by atoms with Crippen molar-refractivity contribution in [3.63, 3.8) is 0 Å². The number of β-amino-alcohol motifs (C(OH)–C–C–N with tert-alkyl or cyclic N) is 1. The maximum absolute atomic E-state index is 12.6. The molecular weight excluding hydrogens is 322 g/mol. The van der Waals surface area contributed by atoms with Gasteiger partial charge in [-0.3, -0.25) is 4.79 Å². The molecular formula is C12H14ClNO6S. The van der Waals surface area contributed by atoms with E-state index in [1.165, 1.54) is 25.3 Å². The van der Waals surface area contributed by atoms with Gasteiger partial charge < -0.3 is 14.9 Å². The van der Waals surface area contributed by atoms with E-state index >= 15 is 0 Å². The topological polar surface area (TPSA) is 104 Å². The predicted molar refractivity (Wildman–Crippen MR) is 73.9 cm³/mol. The summed E-state index contributed by atoms with van der Waals surface area (Å²) in [5.74, 6) is -1.28. The third-order valence-corrected chi connectivity index (χ3v) is 5.38. The number of rotatable bonds is 4. The molecule has 2 N–H and O–H groups in total. The highest BCUT2D eigenvalue weighted by Gasteiger charge is 2.44. The molecule has 1 saturated heterocycles. The number of carboxylic acids is 1. The van der Waals surface area contributed by atoms with Gasteiger partial charge in [0, 0.05) is 24.1 Å². The summed E-state index contributed by atoms with van der Waals surface area (Å²) in [6.07, 6.45) is -1.16. The van der Waals surface area contributed by atoms with Crippen LogP contribution in [0.1, 0.15) is 6.42 Å². The van der Waals surface area contributed by atoms with Crippen molar-refractivity contribution < 1.29 is 28.2 Å². The molecule has 1 fully saturated rings. The van der Waals surface area contributed by atoms with Crippen LogP contribution in [0, 0.1) is 0 Å². The van der Waals surface area contributed by atoms with Crippen molar-refractivity contribution in [2.75, 3.05) is 13.7 Å². The van der Waals surface area contributed by atoms with Gasteiger partial charge in [0.05, 0.1) is 13.2 Å². The first-order valence-corrected chi connectivity index (χ1v) is 7.85. The summed E-state index contributed by atoms with van der Waals surface area (Å²) in [5, 5.41) is 19.0. The van der Waals surface area contributed by atoms with E-state index in [0.717, 1.165) is 4.31 Å². The maximum Gasteiger partial charge on any atom is 0.322 e. The van der Waals surface area contributed by atoms with Gasteiger partial charge in [0.2, 0.25) is 10.0 Å². The number of hydrogen-bond donors (Lipinski definition) is 2. The zero-order chi connectivity index (χ0) is 15.8. The van der Waals surface area contributed by atoms with Crippen LogP contribution in [-0.4, -0.2) is 54.7 Å². The molecule has 0 spiro atoms. The Morgan fingerprint density at radius 3 is 2.71 bits per heavy atom. The number of sulfonamides is 1. The predicted octanol–water partition coefficient (Wildman–Crippen LogP) is 0.557. The van der Waals surface area contributed by atoms with E-state index in [9.17, 15) is 18.3 Å². The summed E-state index contributed by atoms with van der Waals surface area (Å²) in [6.45, 7) is -0.273. The second kappa shape index (κ2) is 5.80. The smallest absolute Gasteiger partial charge is 0.322 e. The highest BCUT2D eigenvalue weighted by Crippen LogP contribution is 2.33. The fourth-order valence-corrected chi connectivity index (χ4v) is 4.19. The van der Waals surface area contributed by atoms with Crippen LogP contribution in [-0.2, 0) is 14.8 Å². The van der Waals surface area contributed by atoms with Crippen molar-refractivity contribution in [1.82, 2.24) is 4.31 Å². The van der Waals surface area contributed by atoms with Crippen molar-refractivity contribution in [2.24, 2.45) is 0 Å². The average Bonchev–Trinajstić information content (AvgIpc) is 2.81. The van der Waals surface area contributed by atoms with E-state index in [2.05, 4.69) is 0 Å².